The molecule has 1 atom stereocenters. The fourth-order valence-corrected chi connectivity index (χ4v) is 2.51. The number of carbonyl (C=O) groups is 2. The zero-order valence-corrected chi connectivity index (χ0v) is 13.9. The lowest BCUT2D eigenvalue weighted by atomic mass is 9.97. The van der Waals surface area contributed by atoms with Gasteiger partial charge in [0.15, 0.2) is 0 Å². The molecule has 0 aliphatic rings. The first-order chi connectivity index (χ1) is 9.85. The van der Waals surface area contributed by atoms with Crippen molar-refractivity contribution in [3.05, 3.63) is 28.2 Å². The maximum atomic E-state index is 12.0. The Morgan fingerprint density at radius 2 is 2.05 bits per heavy atom. The summed E-state index contributed by atoms with van der Waals surface area (Å²) < 4.78 is 5.77. The number of aliphatic carboxylic acids is 1. The Hall–Kier alpha value is -1.56. The van der Waals surface area contributed by atoms with E-state index < -0.39 is 11.9 Å². The molecule has 5 nitrogen and oxygen atoms in total. The van der Waals surface area contributed by atoms with Crippen LogP contribution < -0.4 is 10.1 Å². The first kappa shape index (κ1) is 17.5. The normalized spacial score (nSPS) is 12.0. The lowest BCUT2D eigenvalue weighted by Gasteiger charge is -2.15. The van der Waals surface area contributed by atoms with E-state index in [9.17, 15) is 9.59 Å². The van der Waals surface area contributed by atoms with E-state index in [0.29, 0.717) is 22.2 Å². The molecule has 0 aliphatic heterocycles. The highest BCUT2D eigenvalue weighted by Crippen LogP contribution is 2.25. The molecule has 0 heterocycles. The topological polar surface area (TPSA) is 75.6 Å². The van der Waals surface area contributed by atoms with Gasteiger partial charge in [-0.15, -0.1) is 0 Å². The number of hydrogen-bond acceptors (Lipinski definition) is 3. The third-order valence-corrected chi connectivity index (χ3v) is 3.65. The van der Waals surface area contributed by atoms with Crippen LogP contribution in [-0.4, -0.2) is 30.6 Å². The Bertz CT molecular complexity index is 516. The second kappa shape index (κ2) is 8.02. The number of rotatable bonds is 7. The lowest BCUT2D eigenvalue weighted by Crippen LogP contribution is -2.33. The Kier molecular flexibility index (Phi) is 6.68. The number of hydrogen-bond donors (Lipinski definition) is 2. The molecule has 1 aromatic rings. The molecule has 1 rings (SSSR count). The van der Waals surface area contributed by atoms with Crippen LogP contribution in [0.4, 0.5) is 0 Å². The molecular formula is C15H20BrNO4. The van der Waals surface area contributed by atoms with Crippen molar-refractivity contribution in [2.75, 3.05) is 13.7 Å². The van der Waals surface area contributed by atoms with Gasteiger partial charge in [-0.1, -0.05) is 13.8 Å². The third-order valence-electron chi connectivity index (χ3n) is 3.03. The maximum absolute atomic E-state index is 12.0. The number of nitrogens with one attached hydrogen (secondary N) is 1. The van der Waals surface area contributed by atoms with Gasteiger partial charge in [0.1, 0.15) is 5.75 Å². The molecule has 116 valence electrons. The molecule has 0 fully saturated rings. The summed E-state index contributed by atoms with van der Waals surface area (Å²) in [4.78, 5) is 23.2. The molecule has 1 amide bonds. The predicted molar refractivity (Wildman–Crippen MR) is 83.6 cm³/mol. The second-order valence-electron chi connectivity index (χ2n) is 5.22. The first-order valence-electron chi connectivity index (χ1n) is 6.69. The van der Waals surface area contributed by atoms with E-state index in [2.05, 4.69) is 21.2 Å². The van der Waals surface area contributed by atoms with Gasteiger partial charge in [-0.2, -0.15) is 0 Å². The average molecular weight is 358 g/mol. The molecule has 0 radical (unpaired) electrons. The van der Waals surface area contributed by atoms with E-state index in [1.165, 1.54) is 0 Å². The van der Waals surface area contributed by atoms with Crippen molar-refractivity contribution >= 4 is 27.8 Å². The summed E-state index contributed by atoms with van der Waals surface area (Å²) in [5.41, 5.74) is 0.455. The van der Waals surface area contributed by atoms with E-state index in [-0.39, 0.29) is 18.4 Å². The SMILES string of the molecule is COc1ccc(C(=O)NCC(CC(C)C)C(=O)O)cc1Br. The molecule has 2 N–H and O–H groups in total. The molecule has 1 aromatic carbocycles. The van der Waals surface area contributed by atoms with Gasteiger partial charge < -0.3 is 15.2 Å². The number of halogens is 1. The number of amides is 1. The van der Waals surface area contributed by atoms with Crippen molar-refractivity contribution in [1.29, 1.82) is 0 Å². The van der Waals surface area contributed by atoms with E-state index in [1.54, 1.807) is 25.3 Å². The second-order valence-corrected chi connectivity index (χ2v) is 6.08. The zero-order chi connectivity index (χ0) is 16.0. The van der Waals surface area contributed by atoms with Crippen LogP contribution in [0.25, 0.3) is 0 Å². The molecule has 0 aliphatic carbocycles. The quantitative estimate of drug-likeness (QED) is 0.786. The van der Waals surface area contributed by atoms with E-state index >= 15 is 0 Å². The van der Waals surface area contributed by atoms with Gasteiger partial charge in [0.05, 0.1) is 17.5 Å². The molecule has 0 bridgehead atoms. The van der Waals surface area contributed by atoms with Gasteiger partial charge in [0.25, 0.3) is 5.91 Å². The highest BCUT2D eigenvalue weighted by Gasteiger charge is 2.20. The molecule has 6 heteroatoms. The zero-order valence-electron chi connectivity index (χ0n) is 12.4. The van der Waals surface area contributed by atoms with Gasteiger partial charge in [-0.25, -0.2) is 0 Å². The van der Waals surface area contributed by atoms with Gasteiger partial charge in [0, 0.05) is 12.1 Å². The van der Waals surface area contributed by atoms with Gasteiger partial charge >= 0.3 is 5.97 Å². The smallest absolute Gasteiger partial charge is 0.308 e. The largest absolute Gasteiger partial charge is 0.496 e. The van der Waals surface area contributed by atoms with Crippen LogP contribution >= 0.6 is 15.9 Å². The number of carboxylic acids is 1. The summed E-state index contributed by atoms with van der Waals surface area (Å²) in [6.45, 7) is 4.03. The summed E-state index contributed by atoms with van der Waals surface area (Å²) in [6.07, 6.45) is 0.530. The highest BCUT2D eigenvalue weighted by molar-refractivity contribution is 9.10. The van der Waals surface area contributed by atoms with Crippen LogP contribution in [0.5, 0.6) is 5.75 Å². The minimum atomic E-state index is -0.889. The van der Waals surface area contributed by atoms with Crippen molar-refractivity contribution in [3.63, 3.8) is 0 Å². The minimum absolute atomic E-state index is 0.121. The minimum Gasteiger partial charge on any atom is -0.496 e. The van der Waals surface area contributed by atoms with Crippen molar-refractivity contribution in [2.45, 2.75) is 20.3 Å². The van der Waals surface area contributed by atoms with Crippen molar-refractivity contribution in [1.82, 2.24) is 5.32 Å². The Labute approximate surface area is 132 Å². The fourth-order valence-electron chi connectivity index (χ4n) is 1.97. The van der Waals surface area contributed by atoms with E-state index in [1.807, 2.05) is 13.8 Å². The van der Waals surface area contributed by atoms with Gasteiger partial charge in [0.2, 0.25) is 0 Å². The van der Waals surface area contributed by atoms with Gasteiger partial charge in [-0.3, -0.25) is 9.59 Å². The Balaban J connectivity index is 2.68. The number of methoxy groups -OCH3 is 1. The van der Waals surface area contributed by atoms with E-state index in [0.717, 1.165) is 0 Å². The summed E-state index contributed by atoms with van der Waals surface area (Å²) >= 11 is 3.31. The molecule has 0 spiro atoms. The Morgan fingerprint density at radius 3 is 2.52 bits per heavy atom. The summed E-state index contributed by atoms with van der Waals surface area (Å²) in [5, 5.41) is 11.8. The number of carbonyl (C=O) groups excluding carboxylic acids is 1. The van der Waals surface area contributed by atoms with Gasteiger partial charge in [-0.05, 0) is 46.5 Å². The average Bonchev–Trinajstić information content (AvgIpc) is 2.42. The highest BCUT2D eigenvalue weighted by atomic mass is 79.9. The number of benzene rings is 1. The van der Waals surface area contributed by atoms with Crippen molar-refractivity contribution in [2.24, 2.45) is 11.8 Å². The monoisotopic (exact) mass is 357 g/mol. The molecule has 21 heavy (non-hydrogen) atoms. The van der Waals surface area contributed by atoms with Crippen LogP contribution in [0.2, 0.25) is 0 Å². The maximum Gasteiger partial charge on any atom is 0.308 e. The lowest BCUT2D eigenvalue weighted by molar-refractivity contribution is -0.142. The van der Waals surface area contributed by atoms with Crippen molar-refractivity contribution in [3.8, 4) is 5.75 Å². The number of ether oxygens (including phenoxy) is 1. The third kappa shape index (κ3) is 5.38. The Morgan fingerprint density at radius 1 is 1.38 bits per heavy atom. The van der Waals surface area contributed by atoms with Crippen LogP contribution in [0.3, 0.4) is 0 Å². The van der Waals surface area contributed by atoms with Crippen molar-refractivity contribution < 1.29 is 19.4 Å². The van der Waals surface area contributed by atoms with Crippen LogP contribution in [0, 0.1) is 11.8 Å². The summed E-state index contributed by atoms with van der Waals surface area (Å²) in [6, 6.07) is 4.96. The van der Waals surface area contributed by atoms with Crippen LogP contribution in [0.1, 0.15) is 30.6 Å². The van der Waals surface area contributed by atoms with Crippen LogP contribution in [0.15, 0.2) is 22.7 Å². The molecule has 0 saturated carbocycles. The first-order valence-corrected chi connectivity index (χ1v) is 7.49. The number of carboxylic acid groups (broad SMARTS) is 1. The van der Waals surface area contributed by atoms with E-state index in [4.69, 9.17) is 9.84 Å². The van der Waals surface area contributed by atoms with Crippen LogP contribution in [-0.2, 0) is 4.79 Å². The molecule has 1 unspecified atom stereocenters. The molecule has 0 aromatic heterocycles. The fraction of sp³-hybridized carbons (Fsp3) is 0.467. The standard InChI is InChI=1S/C15H20BrNO4/c1-9(2)6-11(15(19)20)8-17-14(18)10-4-5-13(21-3)12(16)7-10/h4-5,7,9,11H,6,8H2,1-3H3,(H,17,18)(H,19,20). The molecular weight excluding hydrogens is 338 g/mol. The summed E-state index contributed by atoms with van der Waals surface area (Å²) in [5.74, 6) is -0.864. The summed E-state index contributed by atoms with van der Waals surface area (Å²) in [7, 11) is 1.54. The predicted octanol–water partition coefficient (Wildman–Crippen LogP) is 2.93. The molecule has 0 saturated heterocycles.